The fraction of sp³-hybridized carbons (Fsp3) is 0.615. The summed E-state index contributed by atoms with van der Waals surface area (Å²) in [6.07, 6.45) is 5.09. The number of aliphatic hydroxyl groups is 1. The molecule has 0 aliphatic heterocycles. The predicted octanol–water partition coefficient (Wildman–Crippen LogP) is 1.75. The van der Waals surface area contributed by atoms with E-state index in [-0.39, 0.29) is 6.10 Å². The molecule has 0 bridgehead atoms. The van der Waals surface area contributed by atoms with Crippen molar-refractivity contribution >= 4 is 5.82 Å². The molecule has 0 aromatic carbocycles. The van der Waals surface area contributed by atoms with Crippen molar-refractivity contribution in [2.24, 2.45) is 0 Å². The van der Waals surface area contributed by atoms with Gasteiger partial charge in [-0.05, 0) is 31.4 Å². The second-order valence-electron chi connectivity index (χ2n) is 4.78. The minimum Gasteiger partial charge on any atom is -0.383 e. The van der Waals surface area contributed by atoms with Crippen molar-refractivity contribution in [3.8, 4) is 0 Å². The van der Waals surface area contributed by atoms with Gasteiger partial charge >= 0.3 is 0 Å². The molecule has 94 valence electrons. The van der Waals surface area contributed by atoms with E-state index in [0.29, 0.717) is 12.2 Å². The quantitative estimate of drug-likeness (QED) is 0.820. The molecule has 4 nitrogen and oxygen atoms in total. The van der Waals surface area contributed by atoms with E-state index < -0.39 is 5.60 Å². The zero-order chi connectivity index (χ0) is 12.5. The molecule has 3 N–H and O–H groups in total. The molecule has 0 radical (unpaired) electrons. The van der Waals surface area contributed by atoms with Crippen molar-refractivity contribution in [3.05, 3.63) is 23.4 Å². The number of aromatic nitrogens is 1. The molecule has 1 heterocycles. The average molecular weight is 236 g/mol. The molecule has 2 unspecified atom stereocenters. The van der Waals surface area contributed by atoms with E-state index in [1.807, 2.05) is 13.0 Å². The van der Waals surface area contributed by atoms with Crippen molar-refractivity contribution in [2.45, 2.75) is 44.3 Å². The highest BCUT2D eigenvalue weighted by molar-refractivity contribution is 5.48. The molecule has 0 spiro atoms. The summed E-state index contributed by atoms with van der Waals surface area (Å²) in [5.41, 5.74) is 6.66. The zero-order valence-corrected chi connectivity index (χ0v) is 10.4. The van der Waals surface area contributed by atoms with Crippen molar-refractivity contribution < 1.29 is 9.84 Å². The maximum Gasteiger partial charge on any atom is 0.129 e. The maximum absolute atomic E-state index is 10.9. The van der Waals surface area contributed by atoms with Crippen LogP contribution in [0, 0.1) is 6.92 Å². The smallest absolute Gasteiger partial charge is 0.129 e. The van der Waals surface area contributed by atoms with Crippen LogP contribution in [0.3, 0.4) is 0 Å². The molecule has 1 aliphatic rings. The standard InChI is InChI=1S/C13H20N2O2/c1-9-6-8-15-12(14)11(9)13(16)7-4-3-5-10(13)17-2/h6,8,10,16H,3-5,7H2,1-2H3,(H2,14,15). The minimum atomic E-state index is -0.991. The van der Waals surface area contributed by atoms with Crippen LogP contribution in [-0.2, 0) is 10.3 Å². The van der Waals surface area contributed by atoms with E-state index in [9.17, 15) is 5.11 Å². The van der Waals surface area contributed by atoms with Crippen molar-refractivity contribution in [2.75, 3.05) is 12.8 Å². The lowest BCUT2D eigenvalue weighted by atomic mass is 9.76. The number of ether oxygens (including phenoxy) is 1. The summed E-state index contributed by atoms with van der Waals surface area (Å²) in [5, 5.41) is 10.9. The Morgan fingerprint density at radius 1 is 1.53 bits per heavy atom. The number of hydrogen-bond acceptors (Lipinski definition) is 4. The Bertz CT molecular complexity index is 388. The Labute approximate surface area is 102 Å². The molecule has 1 aliphatic carbocycles. The fourth-order valence-electron chi connectivity index (χ4n) is 2.87. The number of hydrogen-bond donors (Lipinski definition) is 2. The van der Waals surface area contributed by atoms with E-state index in [4.69, 9.17) is 10.5 Å². The SMILES string of the molecule is COC1CCCCC1(O)c1c(C)ccnc1N. The van der Waals surface area contributed by atoms with Gasteiger partial charge in [0.15, 0.2) is 0 Å². The molecule has 4 heteroatoms. The molecule has 2 rings (SSSR count). The van der Waals surface area contributed by atoms with Crippen LogP contribution in [-0.4, -0.2) is 23.3 Å². The molecular weight excluding hydrogens is 216 g/mol. The Hall–Kier alpha value is -1.13. The van der Waals surface area contributed by atoms with E-state index in [1.54, 1.807) is 13.3 Å². The third-order valence-electron chi connectivity index (χ3n) is 3.71. The molecule has 1 aromatic rings. The van der Waals surface area contributed by atoms with Gasteiger partial charge in [-0.3, -0.25) is 0 Å². The third-order valence-corrected chi connectivity index (χ3v) is 3.71. The molecule has 0 amide bonds. The largest absolute Gasteiger partial charge is 0.383 e. The van der Waals surface area contributed by atoms with Crippen LogP contribution in [0.5, 0.6) is 0 Å². The summed E-state index contributed by atoms with van der Waals surface area (Å²) in [5.74, 6) is 0.413. The lowest BCUT2D eigenvalue weighted by Crippen LogP contribution is -2.44. The number of rotatable bonds is 2. The summed E-state index contributed by atoms with van der Waals surface area (Å²) < 4.78 is 5.44. The molecule has 1 saturated carbocycles. The van der Waals surface area contributed by atoms with Gasteiger partial charge in [0, 0.05) is 18.9 Å². The van der Waals surface area contributed by atoms with Crippen LogP contribution in [0.15, 0.2) is 12.3 Å². The number of nitrogen functional groups attached to an aromatic ring is 1. The summed E-state index contributed by atoms with van der Waals surface area (Å²) in [6.45, 7) is 1.95. The second-order valence-corrected chi connectivity index (χ2v) is 4.78. The molecule has 1 fully saturated rings. The predicted molar refractivity (Wildman–Crippen MR) is 66.5 cm³/mol. The van der Waals surface area contributed by atoms with Gasteiger partial charge in [-0.25, -0.2) is 4.98 Å². The Balaban J connectivity index is 2.48. The monoisotopic (exact) mass is 236 g/mol. The first-order chi connectivity index (χ1) is 8.09. The van der Waals surface area contributed by atoms with Crippen molar-refractivity contribution in [1.82, 2.24) is 4.98 Å². The van der Waals surface area contributed by atoms with E-state index in [2.05, 4.69) is 4.98 Å². The Kier molecular flexibility index (Phi) is 3.35. The van der Waals surface area contributed by atoms with Crippen LogP contribution in [0.1, 0.15) is 36.8 Å². The number of methoxy groups -OCH3 is 1. The van der Waals surface area contributed by atoms with Gasteiger partial charge in [0.05, 0.1) is 6.10 Å². The maximum atomic E-state index is 10.9. The lowest BCUT2D eigenvalue weighted by Gasteiger charge is -2.40. The van der Waals surface area contributed by atoms with E-state index in [0.717, 1.165) is 30.4 Å². The number of pyridine rings is 1. The normalized spacial score (nSPS) is 29.2. The van der Waals surface area contributed by atoms with Crippen molar-refractivity contribution in [3.63, 3.8) is 0 Å². The first-order valence-electron chi connectivity index (χ1n) is 6.06. The fourth-order valence-corrected chi connectivity index (χ4v) is 2.87. The van der Waals surface area contributed by atoms with Crippen LogP contribution >= 0.6 is 0 Å². The summed E-state index contributed by atoms with van der Waals surface area (Å²) in [6, 6.07) is 1.88. The van der Waals surface area contributed by atoms with Gasteiger partial charge in [-0.2, -0.15) is 0 Å². The second kappa shape index (κ2) is 4.63. The Morgan fingerprint density at radius 2 is 2.29 bits per heavy atom. The van der Waals surface area contributed by atoms with E-state index in [1.165, 1.54) is 0 Å². The van der Waals surface area contributed by atoms with Crippen molar-refractivity contribution in [1.29, 1.82) is 0 Å². The van der Waals surface area contributed by atoms with Gasteiger partial charge in [-0.15, -0.1) is 0 Å². The topological polar surface area (TPSA) is 68.4 Å². The highest BCUT2D eigenvalue weighted by atomic mass is 16.5. The number of aryl methyl sites for hydroxylation is 1. The summed E-state index contributed by atoms with van der Waals surface area (Å²) >= 11 is 0. The van der Waals surface area contributed by atoms with Crippen LogP contribution in [0.2, 0.25) is 0 Å². The molecule has 17 heavy (non-hydrogen) atoms. The van der Waals surface area contributed by atoms with Gasteiger partial charge in [0.2, 0.25) is 0 Å². The molecule has 1 aromatic heterocycles. The van der Waals surface area contributed by atoms with Gasteiger partial charge in [0.1, 0.15) is 11.4 Å². The van der Waals surface area contributed by atoms with Crippen LogP contribution in [0.25, 0.3) is 0 Å². The van der Waals surface area contributed by atoms with Gasteiger partial charge < -0.3 is 15.6 Å². The summed E-state index contributed by atoms with van der Waals surface area (Å²) in [4.78, 5) is 4.09. The van der Waals surface area contributed by atoms with E-state index >= 15 is 0 Å². The van der Waals surface area contributed by atoms with Crippen LogP contribution in [0.4, 0.5) is 5.82 Å². The van der Waals surface area contributed by atoms with Gasteiger partial charge in [-0.1, -0.05) is 12.8 Å². The third kappa shape index (κ3) is 2.03. The highest BCUT2D eigenvalue weighted by Gasteiger charge is 2.43. The number of anilines is 1. The number of nitrogens with two attached hydrogens (primary N) is 1. The first kappa shape index (κ1) is 12.3. The molecule has 2 atom stereocenters. The molecule has 0 saturated heterocycles. The average Bonchev–Trinajstić information content (AvgIpc) is 2.29. The van der Waals surface area contributed by atoms with Gasteiger partial charge in [0.25, 0.3) is 0 Å². The first-order valence-corrected chi connectivity index (χ1v) is 6.06. The lowest BCUT2D eigenvalue weighted by molar-refractivity contribution is -0.122. The minimum absolute atomic E-state index is 0.193. The van der Waals surface area contributed by atoms with Crippen LogP contribution < -0.4 is 5.73 Å². The zero-order valence-electron chi connectivity index (χ0n) is 10.4. The Morgan fingerprint density at radius 3 is 2.94 bits per heavy atom. The molecular formula is C13H20N2O2. The summed E-state index contributed by atoms with van der Waals surface area (Å²) in [7, 11) is 1.64. The highest BCUT2D eigenvalue weighted by Crippen LogP contribution is 2.41. The number of nitrogens with zero attached hydrogens (tertiary/aromatic N) is 1.